The van der Waals surface area contributed by atoms with Crippen molar-refractivity contribution >= 4 is 16.6 Å². The summed E-state index contributed by atoms with van der Waals surface area (Å²) in [6.07, 6.45) is -1.62. The molecular formula is C39H62F6O3Si2. The summed E-state index contributed by atoms with van der Waals surface area (Å²) in [6, 6.07) is 0. The van der Waals surface area contributed by atoms with E-state index < -0.39 is 34.6 Å². The Kier molecular flexibility index (Phi) is 12.5. The molecule has 50 heavy (non-hydrogen) atoms. The molecule has 0 aliphatic heterocycles. The quantitative estimate of drug-likeness (QED) is 0.160. The second-order valence-electron chi connectivity index (χ2n) is 18.6. The van der Waals surface area contributed by atoms with Crippen molar-refractivity contribution < 1.29 is 40.3 Å². The first-order chi connectivity index (χ1) is 22.4. The summed E-state index contributed by atoms with van der Waals surface area (Å²) in [5.74, 6) is 3.33. The van der Waals surface area contributed by atoms with Crippen LogP contribution in [0.1, 0.15) is 107 Å². The molecule has 0 saturated heterocycles. The standard InChI is InChI=1S/C39H62F6O3Si2/c1-26(16-14-23-37(46,38(40,41)42)39(43,44)45)31-20-21-32-28(17-15-22-36(31,32)9)18-19-29-24-30(47-49(10,11)34(3,4)5)25-33(27(29)2)48-50(12,13)35(6,7)8/h18-19,26,30-33,46H,2,15-17,20-22,24-25H2,1,3-13H3/b28-18+,29-19-/t26-,30-,31-,32+,33+,36-/m1/s1. The first-order valence-corrected chi connectivity index (χ1v) is 24.0. The predicted molar refractivity (Wildman–Crippen MR) is 195 cm³/mol. The number of hydrogen-bond acceptors (Lipinski definition) is 3. The minimum Gasteiger partial charge on any atom is -0.413 e. The SMILES string of the molecule is C=C1/C(=C\C=C2/CCC[C@]3(C)[C@@H]([C@H](C)CC#CC(O)(C(F)(F)F)C(F)(F)F)CC[C@@H]23)C[C@@H](O[Si](C)(C)C(C)(C)C)C[C@@H]1O[Si](C)(C)C(C)(C)C. The molecule has 0 amide bonds. The van der Waals surface area contributed by atoms with E-state index in [1.807, 2.05) is 6.92 Å². The summed E-state index contributed by atoms with van der Waals surface area (Å²) >= 11 is 0. The number of hydrogen-bond donors (Lipinski definition) is 1. The molecule has 1 N–H and O–H groups in total. The van der Waals surface area contributed by atoms with Gasteiger partial charge in [-0.15, -0.1) is 0 Å². The van der Waals surface area contributed by atoms with Crippen LogP contribution in [0.3, 0.4) is 0 Å². The average Bonchev–Trinajstić information content (AvgIpc) is 3.28. The third kappa shape index (κ3) is 8.89. The maximum atomic E-state index is 13.2. The Balaban J connectivity index is 1.89. The molecule has 6 atom stereocenters. The molecule has 11 heteroatoms. The van der Waals surface area contributed by atoms with Gasteiger partial charge < -0.3 is 14.0 Å². The van der Waals surface area contributed by atoms with Crippen LogP contribution in [0.25, 0.3) is 0 Å². The molecule has 0 aromatic carbocycles. The van der Waals surface area contributed by atoms with Crippen LogP contribution >= 0.6 is 0 Å². The number of allylic oxidation sites excluding steroid dienone is 3. The molecule has 3 fully saturated rings. The fourth-order valence-corrected chi connectivity index (χ4v) is 10.4. The summed E-state index contributed by atoms with van der Waals surface area (Å²) < 4.78 is 93.0. The van der Waals surface area contributed by atoms with E-state index in [1.54, 1.807) is 0 Å². The van der Waals surface area contributed by atoms with E-state index in [-0.39, 0.29) is 51.9 Å². The highest BCUT2D eigenvalue weighted by molar-refractivity contribution is 6.74. The molecule has 0 aromatic rings. The highest BCUT2D eigenvalue weighted by atomic mass is 28.4. The molecular weight excluding hydrogens is 687 g/mol. The molecule has 3 aliphatic carbocycles. The highest BCUT2D eigenvalue weighted by Crippen LogP contribution is 2.60. The molecule has 286 valence electrons. The van der Waals surface area contributed by atoms with Crippen LogP contribution in [-0.4, -0.2) is 51.9 Å². The van der Waals surface area contributed by atoms with Gasteiger partial charge in [0.15, 0.2) is 16.6 Å². The monoisotopic (exact) mass is 748 g/mol. The number of fused-ring (bicyclic) bond motifs is 1. The highest BCUT2D eigenvalue weighted by Gasteiger charge is 2.70. The smallest absolute Gasteiger partial charge is 0.413 e. The van der Waals surface area contributed by atoms with Crippen LogP contribution in [0.4, 0.5) is 26.3 Å². The van der Waals surface area contributed by atoms with Gasteiger partial charge in [0.1, 0.15) is 0 Å². The molecule has 0 spiro atoms. The van der Waals surface area contributed by atoms with Crippen LogP contribution < -0.4 is 0 Å². The van der Waals surface area contributed by atoms with Crippen LogP contribution in [-0.2, 0) is 8.85 Å². The first kappa shape index (κ1) is 43.1. The molecule has 0 bridgehead atoms. The van der Waals surface area contributed by atoms with Gasteiger partial charge in [-0.3, -0.25) is 0 Å². The van der Waals surface area contributed by atoms with E-state index in [2.05, 4.69) is 99.3 Å². The van der Waals surface area contributed by atoms with Gasteiger partial charge in [-0.05, 0) is 115 Å². The molecule has 0 unspecified atom stereocenters. The van der Waals surface area contributed by atoms with Gasteiger partial charge in [0.25, 0.3) is 0 Å². The third-order valence-corrected chi connectivity index (χ3v) is 22.0. The lowest BCUT2D eigenvalue weighted by Crippen LogP contribution is -2.55. The Hall–Kier alpha value is -1.33. The van der Waals surface area contributed by atoms with Crippen LogP contribution in [0, 0.1) is 35.0 Å². The average molecular weight is 749 g/mol. The Morgan fingerprint density at radius 1 is 0.920 bits per heavy atom. The van der Waals surface area contributed by atoms with E-state index in [0.29, 0.717) is 0 Å². The van der Waals surface area contributed by atoms with Gasteiger partial charge in [0.2, 0.25) is 0 Å². The fraction of sp³-hybridized carbons (Fsp3) is 0.795. The normalized spacial score (nSPS) is 29.9. The fourth-order valence-electron chi connectivity index (χ4n) is 7.76. The minimum atomic E-state index is -5.94. The van der Waals surface area contributed by atoms with Crippen LogP contribution in [0.5, 0.6) is 0 Å². The largest absolute Gasteiger partial charge is 0.438 e. The van der Waals surface area contributed by atoms with Crippen molar-refractivity contribution in [3.05, 3.63) is 35.5 Å². The summed E-state index contributed by atoms with van der Waals surface area (Å²) in [7, 11) is -4.17. The van der Waals surface area contributed by atoms with Crippen molar-refractivity contribution in [3.8, 4) is 11.8 Å². The number of alkyl halides is 6. The van der Waals surface area contributed by atoms with Gasteiger partial charge in [-0.25, -0.2) is 0 Å². The molecule has 0 heterocycles. The van der Waals surface area contributed by atoms with E-state index in [0.717, 1.165) is 62.0 Å². The first-order valence-electron chi connectivity index (χ1n) is 18.2. The second-order valence-corrected chi connectivity index (χ2v) is 28.1. The summed E-state index contributed by atoms with van der Waals surface area (Å²) in [6.45, 7) is 31.2. The van der Waals surface area contributed by atoms with Crippen molar-refractivity contribution in [1.82, 2.24) is 0 Å². The van der Waals surface area contributed by atoms with Crippen molar-refractivity contribution in [2.75, 3.05) is 0 Å². The molecule has 3 aliphatic rings. The summed E-state index contributed by atoms with van der Waals surface area (Å²) in [5.41, 5.74) is -1.71. The zero-order chi connectivity index (χ0) is 38.5. The Labute approximate surface area is 300 Å². The lowest BCUT2D eigenvalue weighted by Gasteiger charge is -2.45. The molecule has 0 radical (unpaired) electrons. The van der Waals surface area contributed by atoms with Gasteiger partial charge in [0.05, 0.1) is 12.2 Å². The van der Waals surface area contributed by atoms with Crippen LogP contribution in [0.2, 0.25) is 36.3 Å². The van der Waals surface area contributed by atoms with Gasteiger partial charge in [-0.1, -0.05) is 85.6 Å². The molecule has 3 nitrogen and oxygen atoms in total. The van der Waals surface area contributed by atoms with E-state index in [9.17, 15) is 31.4 Å². The molecule has 3 saturated carbocycles. The predicted octanol–water partition coefficient (Wildman–Crippen LogP) is 12.1. The minimum absolute atomic E-state index is 0.0163. The van der Waals surface area contributed by atoms with E-state index >= 15 is 0 Å². The maximum Gasteiger partial charge on any atom is 0.438 e. The number of halogens is 6. The van der Waals surface area contributed by atoms with E-state index in [1.165, 1.54) is 5.57 Å². The Morgan fingerprint density at radius 2 is 1.46 bits per heavy atom. The van der Waals surface area contributed by atoms with Crippen LogP contribution in [0.15, 0.2) is 35.5 Å². The van der Waals surface area contributed by atoms with Crippen molar-refractivity contribution in [3.63, 3.8) is 0 Å². The summed E-state index contributed by atoms with van der Waals surface area (Å²) in [5, 5.41) is 9.59. The van der Waals surface area contributed by atoms with Gasteiger partial charge >= 0.3 is 18.0 Å². The summed E-state index contributed by atoms with van der Waals surface area (Å²) in [4.78, 5) is 0. The van der Waals surface area contributed by atoms with Gasteiger partial charge in [-0.2, -0.15) is 26.3 Å². The zero-order valence-corrected chi connectivity index (χ0v) is 34.4. The maximum absolute atomic E-state index is 13.2. The molecule has 3 rings (SSSR count). The third-order valence-electron chi connectivity index (χ3n) is 13.0. The van der Waals surface area contributed by atoms with E-state index in [4.69, 9.17) is 8.85 Å². The van der Waals surface area contributed by atoms with Crippen molar-refractivity contribution in [2.45, 2.75) is 173 Å². The second kappa shape index (κ2) is 14.5. The Morgan fingerprint density at radius 3 is 1.98 bits per heavy atom. The lowest BCUT2D eigenvalue weighted by molar-refractivity contribution is -0.343. The van der Waals surface area contributed by atoms with Crippen molar-refractivity contribution in [1.29, 1.82) is 0 Å². The molecule has 0 aromatic heterocycles. The van der Waals surface area contributed by atoms with Gasteiger partial charge in [0, 0.05) is 12.8 Å². The van der Waals surface area contributed by atoms with Crippen molar-refractivity contribution in [2.24, 2.45) is 23.2 Å². The lowest BCUT2D eigenvalue weighted by atomic mass is 9.61. The number of rotatable bonds is 7. The topological polar surface area (TPSA) is 38.7 Å². The zero-order valence-electron chi connectivity index (χ0n) is 32.4. The number of aliphatic hydroxyl groups is 1. The Bertz CT molecular complexity index is 1360.